The largest absolute Gasteiger partial charge is 0.493 e. The van der Waals surface area contributed by atoms with Crippen LogP contribution in [0.1, 0.15) is 32.3 Å². The van der Waals surface area contributed by atoms with Crippen LogP contribution >= 0.6 is 0 Å². The molecule has 1 aromatic rings. The molecule has 0 bridgehead atoms. The molecule has 0 radical (unpaired) electrons. The molecule has 0 aromatic heterocycles. The minimum Gasteiger partial charge on any atom is -0.493 e. The Hall–Kier alpha value is -2.76. The lowest BCUT2D eigenvalue weighted by atomic mass is 10.1. The van der Waals surface area contributed by atoms with Crippen molar-refractivity contribution in [2.45, 2.75) is 26.7 Å². The highest BCUT2D eigenvalue weighted by Crippen LogP contribution is 2.31. The first-order valence-electron chi connectivity index (χ1n) is 8.61. The minimum absolute atomic E-state index is 0.0493. The van der Waals surface area contributed by atoms with Gasteiger partial charge in [0, 0.05) is 30.3 Å². The van der Waals surface area contributed by atoms with Gasteiger partial charge in [-0.05, 0) is 38.8 Å². The van der Waals surface area contributed by atoms with Crippen LogP contribution in [0.3, 0.4) is 0 Å². The fourth-order valence-corrected chi connectivity index (χ4v) is 2.20. The maximum absolute atomic E-state index is 11.9. The van der Waals surface area contributed by atoms with Gasteiger partial charge in [0.15, 0.2) is 11.5 Å². The molecule has 0 saturated carbocycles. The second-order valence-corrected chi connectivity index (χ2v) is 5.64. The molecule has 0 heterocycles. The number of carbonyl (C=O) groups excluding carboxylic acids is 2. The number of ether oxygens (including phenoxy) is 2. The van der Waals surface area contributed by atoms with E-state index in [2.05, 4.69) is 10.6 Å². The van der Waals surface area contributed by atoms with Crippen LogP contribution in [0.5, 0.6) is 11.5 Å². The van der Waals surface area contributed by atoms with Crippen molar-refractivity contribution >= 4 is 17.9 Å². The molecule has 0 aliphatic heterocycles. The van der Waals surface area contributed by atoms with E-state index in [1.165, 1.54) is 6.08 Å². The van der Waals surface area contributed by atoms with Crippen molar-refractivity contribution in [1.29, 1.82) is 0 Å². The van der Waals surface area contributed by atoms with E-state index in [4.69, 9.17) is 9.47 Å². The molecule has 0 atom stereocenters. The number of para-hydroxylation sites is 1. The third-order valence-electron chi connectivity index (χ3n) is 3.83. The molecule has 0 aliphatic carbocycles. The van der Waals surface area contributed by atoms with Gasteiger partial charge in [-0.25, -0.2) is 0 Å². The predicted molar refractivity (Wildman–Crippen MR) is 103 cm³/mol. The Morgan fingerprint density at radius 2 is 1.77 bits per heavy atom. The maximum Gasteiger partial charge on any atom is 0.246 e. The van der Waals surface area contributed by atoms with Gasteiger partial charge in [0.2, 0.25) is 11.8 Å². The van der Waals surface area contributed by atoms with Crippen molar-refractivity contribution in [3.05, 3.63) is 41.5 Å². The molecule has 0 fully saturated rings. The van der Waals surface area contributed by atoms with Crippen LogP contribution in [0, 0.1) is 0 Å². The fourth-order valence-electron chi connectivity index (χ4n) is 2.20. The summed E-state index contributed by atoms with van der Waals surface area (Å²) in [6.07, 6.45) is 6.53. The van der Waals surface area contributed by atoms with E-state index in [0.29, 0.717) is 30.2 Å². The van der Waals surface area contributed by atoms with Gasteiger partial charge in [0.25, 0.3) is 0 Å². The summed E-state index contributed by atoms with van der Waals surface area (Å²) in [7, 11) is 3.13. The van der Waals surface area contributed by atoms with Crippen molar-refractivity contribution in [3.63, 3.8) is 0 Å². The fraction of sp³-hybridized carbons (Fsp3) is 0.400. The van der Waals surface area contributed by atoms with E-state index >= 15 is 0 Å². The van der Waals surface area contributed by atoms with E-state index < -0.39 is 0 Å². The number of hydrogen-bond acceptors (Lipinski definition) is 4. The number of benzene rings is 1. The molecular formula is C20H28N2O4. The molecular weight excluding hydrogens is 332 g/mol. The molecule has 1 rings (SSSR count). The van der Waals surface area contributed by atoms with Crippen LogP contribution in [0.25, 0.3) is 6.08 Å². The van der Waals surface area contributed by atoms with E-state index in [1.54, 1.807) is 39.4 Å². The van der Waals surface area contributed by atoms with Crippen molar-refractivity contribution in [3.8, 4) is 11.5 Å². The maximum atomic E-state index is 11.9. The monoisotopic (exact) mass is 360 g/mol. The zero-order valence-corrected chi connectivity index (χ0v) is 15.9. The number of rotatable bonds is 10. The summed E-state index contributed by atoms with van der Waals surface area (Å²) >= 11 is 0. The molecule has 2 amide bonds. The predicted octanol–water partition coefficient (Wildman–Crippen LogP) is 2.70. The first-order valence-corrected chi connectivity index (χ1v) is 8.61. The summed E-state index contributed by atoms with van der Waals surface area (Å²) in [6.45, 7) is 4.76. The number of methoxy groups -OCH3 is 2. The molecule has 26 heavy (non-hydrogen) atoms. The lowest BCUT2D eigenvalue weighted by Gasteiger charge is -2.09. The number of nitrogens with one attached hydrogen (secondary N) is 2. The zero-order chi connectivity index (χ0) is 19.4. The SMILES string of the molecule is C/C=C(\C)C(=O)NCCCCNC(=O)/C=C/c1cccc(OC)c1OC. The highest BCUT2D eigenvalue weighted by molar-refractivity contribution is 5.93. The quantitative estimate of drug-likeness (QED) is 0.497. The molecule has 0 aliphatic rings. The van der Waals surface area contributed by atoms with Crippen LogP contribution in [-0.2, 0) is 9.59 Å². The Morgan fingerprint density at radius 1 is 1.08 bits per heavy atom. The second-order valence-electron chi connectivity index (χ2n) is 5.64. The molecule has 6 heteroatoms. The van der Waals surface area contributed by atoms with Crippen LogP contribution in [-0.4, -0.2) is 39.1 Å². The number of allylic oxidation sites excluding steroid dienone is 1. The van der Waals surface area contributed by atoms with Crippen molar-refractivity contribution in [2.24, 2.45) is 0 Å². The number of carbonyl (C=O) groups is 2. The number of amides is 2. The number of unbranched alkanes of at least 4 members (excludes halogenated alkanes) is 1. The number of hydrogen-bond donors (Lipinski definition) is 2. The summed E-state index contributed by atoms with van der Waals surface area (Å²) in [6, 6.07) is 5.48. The van der Waals surface area contributed by atoms with Gasteiger partial charge in [0.1, 0.15) is 0 Å². The highest BCUT2D eigenvalue weighted by atomic mass is 16.5. The third kappa shape index (κ3) is 7.01. The Morgan fingerprint density at radius 3 is 2.38 bits per heavy atom. The Balaban J connectivity index is 2.35. The van der Waals surface area contributed by atoms with Crippen LogP contribution < -0.4 is 20.1 Å². The van der Waals surface area contributed by atoms with Crippen LogP contribution in [0.2, 0.25) is 0 Å². The molecule has 0 unspecified atom stereocenters. The van der Waals surface area contributed by atoms with E-state index in [-0.39, 0.29) is 11.8 Å². The van der Waals surface area contributed by atoms with Gasteiger partial charge in [-0.1, -0.05) is 18.2 Å². The van der Waals surface area contributed by atoms with Gasteiger partial charge in [-0.3, -0.25) is 9.59 Å². The Labute approximate surface area is 155 Å². The van der Waals surface area contributed by atoms with Gasteiger partial charge in [-0.2, -0.15) is 0 Å². The molecule has 2 N–H and O–H groups in total. The summed E-state index contributed by atoms with van der Waals surface area (Å²) in [5.41, 5.74) is 1.47. The van der Waals surface area contributed by atoms with E-state index in [9.17, 15) is 9.59 Å². The molecule has 1 aromatic carbocycles. The highest BCUT2D eigenvalue weighted by Gasteiger charge is 2.07. The zero-order valence-electron chi connectivity index (χ0n) is 15.9. The molecule has 0 saturated heterocycles. The summed E-state index contributed by atoms with van der Waals surface area (Å²) < 4.78 is 10.6. The second kappa shape index (κ2) is 11.7. The lowest BCUT2D eigenvalue weighted by Crippen LogP contribution is -2.27. The first kappa shape index (κ1) is 21.3. The van der Waals surface area contributed by atoms with Gasteiger partial charge >= 0.3 is 0 Å². The standard InChI is InChI=1S/C20H28N2O4/c1-5-15(2)20(24)22-14-7-6-13-21-18(23)12-11-16-9-8-10-17(25-3)19(16)26-4/h5,8-12H,6-7,13-14H2,1-4H3,(H,21,23)(H,22,24)/b12-11+,15-5+. The van der Waals surface area contributed by atoms with Gasteiger partial charge < -0.3 is 20.1 Å². The first-order chi connectivity index (χ1) is 12.5. The summed E-state index contributed by atoms with van der Waals surface area (Å²) in [4.78, 5) is 23.4. The average molecular weight is 360 g/mol. The van der Waals surface area contributed by atoms with E-state index in [1.807, 2.05) is 19.1 Å². The van der Waals surface area contributed by atoms with Crippen LogP contribution in [0.15, 0.2) is 35.9 Å². The average Bonchev–Trinajstić information content (AvgIpc) is 2.67. The van der Waals surface area contributed by atoms with Crippen molar-refractivity contribution in [2.75, 3.05) is 27.3 Å². The molecule has 142 valence electrons. The van der Waals surface area contributed by atoms with E-state index in [0.717, 1.165) is 18.4 Å². The lowest BCUT2D eigenvalue weighted by molar-refractivity contribution is -0.118. The Bertz CT molecular complexity index is 666. The van der Waals surface area contributed by atoms with Gasteiger partial charge in [0.05, 0.1) is 14.2 Å². The van der Waals surface area contributed by atoms with Crippen molar-refractivity contribution < 1.29 is 19.1 Å². The smallest absolute Gasteiger partial charge is 0.246 e. The summed E-state index contributed by atoms with van der Waals surface area (Å²) in [5.74, 6) is 0.979. The third-order valence-corrected chi connectivity index (χ3v) is 3.83. The Kier molecular flexibility index (Phi) is 9.61. The molecule has 0 spiro atoms. The van der Waals surface area contributed by atoms with Crippen LogP contribution in [0.4, 0.5) is 0 Å². The van der Waals surface area contributed by atoms with Crippen molar-refractivity contribution in [1.82, 2.24) is 10.6 Å². The topological polar surface area (TPSA) is 76.7 Å². The summed E-state index contributed by atoms with van der Waals surface area (Å²) in [5, 5.41) is 5.65. The molecule has 6 nitrogen and oxygen atoms in total. The van der Waals surface area contributed by atoms with Gasteiger partial charge in [-0.15, -0.1) is 0 Å². The normalized spacial score (nSPS) is 11.3. The minimum atomic E-state index is -0.177.